The molecule has 1 atom stereocenters. The molecule has 0 N–H and O–H groups in total. The molecule has 2 aromatic heterocycles. The van der Waals surface area contributed by atoms with Crippen molar-refractivity contribution in [3.63, 3.8) is 0 Å². The van der Waals surface area contributed by atoms with Crippen molar-refractivity contribution in [1.82, 2.24) is 18.8 Å². The number of halogens is 1. The van der Waals surface area contributed by atoms with E-state index in [4.69, 9.17) is 16.3 Å². The summed E-state index contributed by atoms with van der Waals surface area (Å²) in [5.74, 6) is -0.168. The standard InChI is InChI=1S/C26H31ClN4O4S/c1-18-14-19(2)26(20(3)15-18)36(33,34)29(4)12-13-35-17-24(32)31-11-10-30-9-5-6-22(30)25(31)21-7-8-23(27)28-16-21/h5-9,14-16,25H,10-13,17H2,1-4H3. The third kappa shape index (κ3) is 5.34. The van der Waals surface area contributed by atoms with Crippen LogP contribution < -0.4 is 0 Å². The van der Waals surface area contributed by atoms with Crippen molar-refractivity contribution in [1.29, 1.82) is 0 Å². The first-order valence-corrected chi connectivity index (χ1v) is 13.6. The number of fused-ring (bicyclic) bond motifs is 1. The lowest BCUT2D eigenvalue weighted by molar-refractivity contribution is -0.138. The molecule has 3 aromatic rings. The second kappa shape index (κ2) is 10.7. The largest absolute Gasteiger partial charge is 0.370 e. The third-order valence-corrected chi connectivity index (χ3v) is 8.86. The molecule has 8 nitrogen and oxygen atoms in total. The summed E-state index contributed by atoms with van der Waals surface area (Å²) >= 11 is 5.97. The van der Waals surface area contributed by atoms with E-state index < -0.39 is 10.0 Å². The zero-order chi connectivity index (χ0) is 26.0. The molecule has 0 aliphatic carbocycles. The van der Waals surface area contributed by atoms with Crippen LogP contribution in [0.15, 0.2) is 53.7 Å². The van der Waals surface area contributed by atoms with Gasteiger partial charge in [0.2, 0.25) is 15.9 Å². The van der Waals surface area contributed by atoms with E-state index in [1.54, 1.807) is 31.0 Å². The minimum atomic E-state index is -3.68. The van der Waals surface area contributed by atoms with Crippen molar-refractivity contribution < 1.29 is 17.9 Å². The lowest BCUT2D eigenvalue weighted by atomic mass is 10.0. The van der Waals surface area contributed by atoms with Crippen LogP contribution in [0.2, 0.25) is 5.15 Å². The molecule has 0 spiro atoms. The topological polar surface area (TPSA) is 84.7 Å². The first-order chi connectivity index (χ1) is 17.1. The molecule has 1 aliphatic rings. The number of sulfonamides is 1. The highest BCUT2D eigenvalue weighted by atomic mass is 35.5. The van der Waals surface area contributed by atoms with Gasteiger partial charge in [0.05, 0.1) is 17.5 Å². The molecule has 1 aromatic carbocycles. The van der Waals surface area contributed by atoms with Crippen LogP contribution in [0.4, 0.5) is 0 Å². The van der Waals surface area contributed by atoms with Gasteiger partial charge in [-0.3, -0.25) is 4.79 Å². The van der Waals surface area contributed by atoms with Gasteiger partial charge in [0, 0.05) is 44.8 Å². The maximum absolute atomic E-state index is 13.2. The van der Waals surface area contributed by atoms with Gasteiger partial charge in [-0.15, -0.1) is 0 Å². The highest BCUT2D eigenvalue weighted by Crippen LogP contribution is 2.32. The Balaban J connectivity index is 1.40. The Morgan fingerprint density at radius 3 is 2.56 bits per heavy atom. The van der Waals surface area contributed by atoms with Gasteiger partial charge in [-0.05, 0) is 55.7 Å². The summed E-state index contributed by atoms with van der Waals surface area (Å²) in [6.07, 6.45) is 3.68. The van der Waals surface area contributed by atoms with E-state index in [-0.39, 0.29) is 31.7 Å². The third-order valence-electron chi connectivity index (χ3n) is 6.47. The fraction of sp³-hybridized carbons (Fsp3) is 0.385. The SMILES string of the molecule is Cc1cc(C)c(S(=O)(=O)N(C)CCOCC(=O)N2CCn3cccc3C2c2ccc(Cl)nc2)c(C)c1. The Morgan fingerprint density at radius 1 is 1.17 bits per heavy atom. The van der Waals surface area contributed by atoms with Gasteiger partial charge in [-0.1, -0.05) is 35.4 Å². The number of amides is 1. The lowest BCUT2D eigenvalue weighted by Crippen LogP contribution is -2.44. The number of rotatable bonds is 8. The van der Waals surface area contributed by atoms with Gasteiger partial charge in [-0.25, -0.2) is 13.4 Å². The summed E-state index contributed by atoms with van der Waals surface area (Å²) in [5, 5.41) is 0.390. The van der Waals surface area contributed by atoms with Crippen molar-refractivity contribution in [3.05, 3.63) is 81.9 Å². The lowest BCUT2D eigenvalue weighted by Gasteiger charge is -2.37. The summed E-state index contributed by atoms with van der Waals surface area (Å²) in [6.45, 7) is 6.85. The average Bonchev–Trinajstić information content (AvgIpc) is 3.29. The van der Waals surface area contributed by atoms with E-state index in [1.165, 1.54) is 11.4 Å². The zero-order valence-electron chi connectivity index (χ0n) is 20.9. The summed E-state index contributed by atoms with van der Waals surface area (Å²) in [4.78, 5) is 19.5. The summed E-state index contributed by atoms with van der Waals surface area (Å²) < 4.78 is 35.4. The van der Waals surface area contributed by atoms with E-state index in [0.29, 0.717) is 34.3 Å². The second-order valence-electron chi connectivity index (χ2n) is 9.14. The van der Waals surface area contributed by atoms with Gasteiger partial charge in [0.25, 0.3) is 0 Å². The van der Waals surface area contributed by atoms with E-state index in [1.807, 2.05) is 43.5 Å². The number of likely N-dealkylation sites (N-methyl/N-ethyl adjacent to an activating group) is 1. The maximum Gasteiger partial charge on any atom is 0.249 e. The summed E-state index contributed by atoms with van der Waals surface area (Å²) in [7, 11) is -2.15. The first-order valence-electron chi connectivity index (χ1n) is 11.8. The average molecular weight is 531 g/mol. The van der Waals surface area contributed by atoms with Crippen LogP contribution in [0.5, 0.6) is 0 Å². The molecule has 0 saturated carbocycles. The number of pyridine rings is 1. The quantitative estimate of drug-likeness (QED) is 0.327. The number of hydrogen-bond donors (Lipinski definition) is 0. The minimum Gasteiger partial charge on any atom is -0.370 e. The van der Waals surface area contributed by atoms with Crippen molar-refractivity contribution in [2.45, 2.75) is 38.3 Å². The number of aromatic nitrogens is 2. The molecule has 1 amide bonds. The normalized spacial score (nSPS) is 15.8. The Hall–Kier alpha value is -2.72. The maximum atomic E-state index is 13.2. The molecular formula is C26H31ClN4O4S. The highest BCUT2D eigenvalue weighted by Gasteiger charge is 2.32. The van der Waals surface area contributed by atoms with Gasteiger partial charge < -0.3 is 14.2 Å². The molecule has 4 rings (SSSR count). The Kier molecular flexibility index (Phi) is 7.85. The summed E-state index contributed by atoms with van der Waals surface area (Å²) in [5.41, 5.74) is 4.31. The van der Waals surface area contributed by atoms with Gasteiger partial charge in [0.1, 0.15) is 11.8 Å². The van der Waals surface area contributed by atoms with Gasteiger partial charge in [-0.2, -0.15) is 4.31 Å². The smallest absolute Gasteiger partial charge is 0.249 e. The number of benzene rings is 1. The first kappa shape index (κ1) is 26.3. The fourth-order valence-electron chi connectivity index (χ4n) is 4.84. The predicted molar refractivity (Wildman–Crippen MR) is 139 cm³/mol. The van der Waals surface area contributed by atoms with E-state index >= 15 is 0 Å². The van der Waals surface area contributed by atoms with Crippen molar-refractivity contribution in [2.24, 2.45) is 0 Å². The van der Waals surface area contributed by atoms with Crippen molar-refractivity contribution in [3.8, 4) is 0 Å². The molecule has 36 heavy (non-hydrogen) atoms. The molecule has 0 fully saturated rings. The van der Waals surface area contributed by atoms with Crippen LogP contribution in [0.3, 0.4) is 0 Å². The van der Waals surface area contributed by atoms with E-state index in [9.17, 15) is 13.2 Å². The molecule has 0 bridgehead atoms. The molecular weight excluding hydrogens is 500 g/mol. The highest BCUT2D eigenvalue weighted by molar-refractivity contribution is 7.89. The van der Waals surface area contributed by atoms with Gasteiger partial charge in [0.15, 0.2) is 0 Å². The number of ether oxygens (including phenoxy) is 1. The molecule has 0 saturated heterocycles. The van der Waals surface area contributed by atoms with Crippen LogP contribution in [-0.4, -0.2) is 66.4 Å². The molecule has 3 heterocycles. The Labute approximate surface area is 217 Å². The van der Waals surface area contributed by atoms with Crippen LogP contribution in [0.25, 0.3) is 0 Å². The molecule has 192 valence electrons. The number of aryl methyl sites for hydroxylation is 3. The predicted octanol–water partition coefficient (Wildman–Crippen LogP) is 3.73. The molecule has 0 radical (unpaired) electrons. The summed E-state index contributed by atoms with van der Waals surface area (Å²) in [6, 6.07) is 11.0. The van der Waals surface area contributed by atoms with Crippen LogP contribution in [0, 0.1) is 20.8 Å². The van der Waals surface area contributed by atoms with Gasteiger partial charge >= 0.3 is 0 Å². The fourth-order valence-corrected chi connectivity index (χ4v) is 6.51. The van der Waals surface area contributed by atoms with Crippen LogP contribution >= 0.6 is 11.6 Å². The number of hydrogen-bond acceptors (Lipinski definition) is 5. The number of carbonyl (C=O) groups excluding carboxylic acids is 1. The van der Waals surface area contributed by atoms with Crippen molar-refractivity contribution in [2.75, 3.05) is 33.4 Å². The Morgan fingerprint density at radius 2 is 1.89 bits per heavy atom. The Bertz CT molecular complexity index is 1330. The minimum absolute atomic E-state index is 0.100. The second-order valence-corrected chi connectivity index (χ2v) is 11.5. The molecule has 1 unspecified atom stereocenters. The number of carbonyl (C=O) groups is 1. The molecule has 10 heteroatoms. The van der Waals surface area contributed by atoms with Crippen LogP contribution in [-0.2, 0) is 26.1 Å². The number of nitrogens with zero attached hydrogens (tertiary/aromatic N) is 4. The monoisotopic (exact) mass is 530 g/mol. The van der Waals surface area contributed by atoms with Crippen LogP contribution in [0.1, 0.15) is 34.0 Å². The van der Waals surface area contributed by atoms with Crippen molar-refractivity contribution >= 4 is 27.5 Å². The van der Waals surface area contributed by atoms with E-state index in [0.717, 1.165) is 16.8 Å². The zero-order valence-corrected chi connectivity index (χ0v) is 22.5. The molecule has 1 aliphatic heterocycles. The van der Waals surface area contributed by atoms with E-state index in [2.05, 4.69) is 9.55 Å².